The zero-order chi connectivity index (χ0) is 21.0. The van der Waals surface area contributed by atoms with E-state index in [0.29, 0.717) is 32.9 Å². The summed E-state index contributed by atoms with van der Waals surface area (Å²) >= 11 is 6.29. The number of fused-ring (bicyclic) bond motifs is 1. The molecule has 1 N–H and O–H groups in total. The molecule has 7 heteroatoms. The second kappa shape index (κ2) is 8.92. The summed E-state index contributed by atoms with van der Waals surface area (Å²) in [6.07, 6.45) is 1.20. The van der Waals surface area contributed by atoms with E-state index in [1.165, 1.54) is 6.20 Å². The number of hydrogen-bond donors (Lipinski definition) is 1. The van der Waals surface area contributed by atoms with Gasteiger partial charge in [-0.2, -0.15) is 0 Å². The van der Waals surface area contributed by atoms with E-state index < -0.39 is 11.9 Å². The van der Waals surface area contributed by atoms with Crippen molar-refractivity contribution < 1.29 is 19.1 Å². The van der Waals surface area contributed by atoms with Gasteiger partial charge < -0.3 is 14.8 Å². The van der Waals surface area contributed by atoms with E-state index in [4.69, 9.17) is 21.1 Å². The molecular formula is C22H21ClN2O4. The molecule has 1 aromatic heterocycles. The first-order valence-electron chi connectivity index (χ1n) is 9.23. The number of nitrogens with one attached hydrogen (secondary N) is 1. The van der Waals surface area contributed by atoms with E-state index in [2.05, 4.69) is 10.3 Å². The van der Waals surface area contributed by atoms with Crippen LogP contribution >= 0.6 is 11.6 Å². The monoisotopic (exact) mass is 412 g/mol. The minimum Gasteiger partial charge on any atom is -0.462 e. The normalized spacial score (nSPS) is 10.8. The summed E-state index contributed by atoms with van der Waals surface area (Å²) in [6, 6.07) is 12.2. The van der Waals surface area contributed by atoms with Crippen LogP contribution in [0.25, 0.3) is 10.9 Å². The van der Waals surface area contributed by atoms with E-state index in [9.17, 15) is 9.59 Å². The van der Waals surface area contributed by atoms with Crippen LogP contribution in [0.4, 0.5) is 11.4 Å². The smallest absolute Gasteiger partial charge is 0.341 e. The molecule has 0 aliphatic heterocycles. The largest absolute Gasteiger partial charge is 0.462 e. The number of para-hydroxylation sites is 1. The maximum Gasteiger partial charge on any atom is 0.341 e. The Hall–Kier alpha value is -3.12. The molecule has 0 aliphatic carbocycles. The quantitative estimate of drug-likeness (QED) is 0.548. The van der Waals surface area contributed by atoms with E-state index in [1.807, 2.05) is 12.1 Å². The van der Waals surface area contributed by atoms with Gasteiger partial charge in [-0.05, 0) is 51.1 Å². The van der Waals surface area contributed by atoms with Gasteiger partial charge in [0, 0.05) is 11.6 Å². The van der Waals surface area contributed by atoms with Crippen LogP contribution in [0.2, 0.25) is 5.02 Å². The Bertz CT molecular complexity index is 1070. The van der Waals surface area contributed by atoms with E-state index in [0.717, 1.165) is 0 Å². The summed E-state index contributed by atoms with van der Waals surface area (Å²) in [7, 11) is 0. The van der Waals surface area contributed by atoms with Crippen molar-refractivity contribution in [3.05, 3.63) is 64.8 Å². The summed E-state index contributed by atoms with van der Waals surface area (Å²) < 4.78 is 10.5. The second-order valence-corrected chi connectivity index (χ2v) is 6.97. The Morgan fingerprint density at radius 3 is 2.59 bits per heavy atom. The molecule has 0 saturated carbocycles. The Morgan fingerprint density at radius 2 is 1.90 bits per heavy atom. The molecule has 0 atom stereocenters. The Morgan fingerprint density at radius 1 is 1.14 bits per heavy atom. The van der Waals surface area contributed by atoms with Gasteiger partial charge in [-0.1, -0.05) is 23.7 Å². The van der Waals surface area contributed by atoms with Gasteiger partial charge in [0.25, 0.3) is 0 Å². The summed E-state index contributed by atoms with van der Waals surface area (Å²) in [6.45, 7) is 5.52. The molecule has 1 heterocycles. The van der Waals surface area contributed by atoms with Gasteiger partial charge in [0.15, 0.2) is 0 Å². The minimum absolute atomic E-state index is 0.225. The van der Waals surface area contributed by atoms with Gasteiger partial charge in [0.1, 0.15) is 5.56 Å². The maximum absolute atomic E-state index is 12.5. The van der Waals surface area contributed by atoms with Crippen molar-refractivity contribution in [2.24, 2.45) is 0 Å². The first-order valence-corrected chi connectivity index (χ1v) is 9.61. The maximum atomic E-state index is 12.5. The minimum atomic E-state index is -0.522. The lowest BCUT2D eigenvalue weighted by Crippen LogP contribution is -2.12. The first kappa shape index (κ1) is 20.6. The second-order valence-electron chi connectivity index (χ2n) is 6.56. The average molecular weight is 413 g/mol. The lowest BCUT2D eigenvalue weighted by molar-refractivity contribution is 0.0377. The predicted molar refractivity (Wildman–Crippen MR) is 113 cm³/mol. The summed E-state index contributed by atoms with van der Waals surface area (Å²) in [4.78, 5) is 29.2. The van der Waals surface area contributed by atoms with Crippen molar-refractivity contribution in [2.45, 2.75) is 26.9 Å². The van der Waals surface area contributed by atoms with Crippen molar-refractivity contribution in [3.8, 4) is 0 Å². The number of halogens is 1. The average Bonchev–Trinajstić information content (AvgIpc) is 2.69. The standard InChI is InChI=1S/C22H21ClN2O4/c1-4-28-22(27)16-12-24-18-10-9-14(21(26)29-13(2)3)11-15(18)20(16)25-19-8-6-5-7-17(19)23/h5-13H,4H2,1-3H3,(H,24,25). The zero-order valence-corrected chi connectivity index (χ0v) is 17.1. The molecule has 0 radical (unpaired) electrons. The number of hydrogen-bond acceptors (Lipinski definition) is 6. The molecule has 150 valence electrons. The lowest BCUT2D eigenvalue weighted by atomic mass is 10.1. The topological polar surface area (TPSA) is 77.5 Å². The number of nitrogens with zero attached hydrogens (tertiary/aromatic N) is 1. The van der Waals surface area contributed by atoms with Crippen LogP contribution in [0, 0.1) is 0 Å². The van der Waals surface area contributed by atoms with Crippen LogP contribution in [-0.4, -0.2) is 29.6 Å². The summed E-state index contributed by atoms with van der Waals surface area (Å²) in [5, 5.41) is 4.27. The number of benzene rings is 2. The van der Waals surface area contributed by atoms with Crippen molar-refractivity contribution in [2.75, 3.05) is 11.9 Å². The van der Waals surface area contributed by atoms with Crippen LogP contribution in [0.1, 0.15) is 41.5 Å². The number of pyridine rings is 1. The lowest BCUT2D eigenvalue weighted by Gasteiger charge is -2.16. The third kappa shape index (κ3) is 4.66. The van der Waals surface area contributed by atoms with Gasteiger partial charge in [-0.25, -0.2) is 9.59 Å². The molecule has 3 rings (SSSR count). The molecule has 0 fully saturated rings. The van der Waals surface area contributed by atoms with Crippen LogP contribution in [0.5, 0.6) is 0 Å². The fraction of sp³-hybridized carbons (Fsp3) is 0.227. The van der Waals surface area contributed by atoms with Crippen LogP contribution < -0.4 is 5.32 Å². The number of anilines is 2. The molecule has 0 spiro atoms. The first-order chi connectivity index (χ1) is 13.9. The summed E-state index contributed by atoms with van der Waals surface area (Å²) in [5.74, 6) is -0.973. The van der Waals surface area contributed by atoms with Crippen molar-refractivity contribution in [1.82, 2.24) is 4.98 Å². The molecule has 2 aromatic carbocycles. The fourth-order valence-corrected chi connectivity index (χ4v) is 2.98. The number of carbonyl (C=O) groups is 2. The molecule has 29 heavy (non-hydrogen) atoms. The zero-order valence-electron chi connectivity index (χ0n) is 16.4. The van der Waals surface area contributed by atoms with E-state index in [1.54, 1.807) is 51.1 Å². The van der Waals surface area contributed by atoms with E-state index >= 15 is 0 Å². The molecule has 6 nitrogen and oxygen atoms in total. The van der Waals surface area contributed by atoms with Gasteiger partial charge in [0.2, 0.25) is 0 Å². The molecular weight excluding hydrogens is 392 g/mol. The Balaban J connectivity index is 2.18. The third-order valence-corrected chi connectivity index (χ3v) is 4.40. The van der Waals surface area contributed by atoms with Crippen LogP contribution in [0.15, 0.2) is 48.7 Å². The highest BCUT2D eigenvalue weighted by atomic mass is 35.5. The number of rotatable bonds is 6. The van der Waals surface area contributed by atoms with Crippen LogP contribution in [-0.2, 0) is 9.47 Å². The highest BCUT2D eigenvalue weighted by molar-refractivity contribution is 6.33. The van der Waals surface area contributed by atoms with Gasteiger partial charge in [-0.15, -0.1) is 0 Å². The highest BCUT2D eigenvalue weighted by Crippen LogP contribution is 2.33. The Kier molecular flexibility index (Phi) is 6.34. The molecule has 0 aliphatic rings. The molecule has 0 bridgehead atoms. The molecule has 0 unspecified atom stereocenters. The third-order valence-electron chi connectivity index (χ3n) is 4.08. The van der Waals surface area contributed by atoms with Gasteiger partial charge in [-0.3, -0.25) is 4.98 Å². The number of ether oxygens (including phenoxy) is 2. The van der Waals surface area contributed by atoms with Gasteiger partial charge >= 0.3 is 11.9 Å². The van der Waals surface area contributed by atoms with Crippen molar-refractivity contribution in [1.29, 1.82) is 0 Å². The van der Waals surface area contributed by atoms with Gasteiger partial charge in [0.05, 0.1) is 40.2 Å². The van der Waals surface area contributed by atoms with Crippen molar-refractivity contribution in [3.63, 3.8) is 0 Å². The number of esters is 2. The predicted octanol–water partition coefficient (Wildman–Crippen LogP) is 5.37. The SMILES string of the molecule is CCOC(=O)c1cnc2ccc(C(=O)OC(C)C)cc2c1Nc1ccccc1Cl. The highest BCUT2D eigenvalue weighted by Gasteiger charge is 2.19. The molecule has 0 amide bonds. The number of aromatic nitrogens is 1. The Labute approximate surface area is 173 Å². The van der Waals surface area contributed by atoms with E-state index in [-0.39, 0.29) is 18.3 Å². The number of carbonyl (C=O) groups excluding carboxylic acids is 2. The van der Waals surface area contributed by atoms with Crippen molar-refractivity contribution >= 4 is 45.8 Å². The fourth-order valence-electron chi connectivity index (χ4n) is 2.80. The van der Waals surface area contributed by atoms with Crippen LogP contribution in [0.3, 0.4) is 0 Å². The molecule has 3 aromatic rings. The summed E-state index contributed by atoms with van der Waals surface area (Å²) in [5.41, 5.74) is 2.28. The molecule has 0 saturated heterocycles.